The summed E-state index contributed by atoms with van der Waals surface area (Å²) in [5, 5.41) is 0. The van der Waals surface area contributed by atoms with E-state index in [0.29, 0.717) is 0 Å². The average molecular weight is 141 g/mol. The molecule has 0 unspecified atom stereocenters. The van der Waals surface area contributed by atoms with Crippen LogP contribution in [-0.4, -0.2) is 51.0 Å². The summed E-state index contributed by atoms with van der Waals surface area (Å²) in [5.41, 5.74) is 0. The summed E-state index contributed by atoms with van der Waals surface area (Å²) in [4.78, 5) is 17.1. The molecule has 0 heterocycles. The van der Waals surface area contributed by atoms with E-state index in [4.69, 9.17) is 0 Å². The first-order valence-corrected chi connectivity index (χ1v) is 2.99. The maximum absolute atomic E-state index is 9.88. The van der Waals surface area contributed by atoms with Gasteiger partial charge in [-0.2, -0.15) is 0 Å². The second kappa shape index (κ2) is 4.22. The van der Waals surface area contributed by atoms with E-state index >= 15 is 0 Å². The van der Waals surface area contributed by atoms with Crippen LogP contribution in [0.4, 0.5) is 0 Å². The standard InChI is InChI=1S/C5H12BN3O/c1-8(2)6(7-5-10)9(3)4/h1-4H3. The Hall–Kier alpha value is -0.635. The van der Waals surface area contributed by atoms with Gasteiger partial charge in [-0.15, -0.1) is 0 Å². The smallest absolute Gasteiger partial charge is 0.312 e. The molecule has 0 radical (unpaired) electrons. The normalized spacial score (nSPS) is 9.80. The molecule has 0 saturated carbocycles. The minimum atomic E-state index is -0.197. The highest BCUT2D eigenvalue weighted by Crippen LogP contribution is 1.90. The summed E-state index contributed by atoms with van der Waals surface area (Å²) in [6.45, 7) is 0. The Bertz CT molecular complexity index is 134. The maximum atomic E-state index is 9.88. The van der Waals surface area contributed by atoms with E-state index in [1.165, 1.54) is 6.08 Å². The predicted molar refractivity (Wildman–Crippen MR) is 41.2 cm³/mol. The van der Waals surface area contributed by atoms with Crippen LogP contribution in [0.1, 0.15) is 0 Å². The van der Waals surface area contributed by atoms with Crippen molar-refractivity contribution < 1.29 is 4.79 Å². The van der Waals surface area contributed by atoms with E-state index in [-0.39, 0.29) is 7.12 Å². The molecule has 0 rings (SSSR count). The van der Waals surface area contributed by atoms with Gasteiger partial charge in [0.25, 0.3) is 0 Å². The van der Waals surface area contributed by atoms with Crippen molar-refractivity contribution in [2.45, 2.75) is 0 Å². The molecule has 0 aromatic carbocycles. The fourth-order valence-corrected chi connectivity index (χ4v) is 0.740. The SMILES string of the molecule is CN(C)B(N=C=O)N(C)C. The molecule has 0 spiro atoms. The largest absolute Gasteiger partial charge is 0.467 e. The molecular weight excluding hydrogens is 129 g/mol. The molecule has 0 aromatic rings. The van der Waals surface area contributed by atoms with Crippen molar-refractivity contribution in [3.8, 4) is 0 Å². The highest BCUT2D eigenvalue weighted by Gasteiger charge is 2.19. The van der Waals surface area contributed by atoms with Gasteiger partial charge in [-0.1, -0.05) is 0 Å². The summed E-state index contributed by atoms with van der Waals surface area (Å²) in [7, 11) is 7.21. The Morgan fingerprint density at radius 3 is 1.70 bits per heavy atom. The Kier molecular flexibility index (Phi) is 3.96. The molecule has 4 nitrogen and oxygen atoms in total. The van der Waals surface area contributed by atoms with Crippen LogP contribution < -0.4 is 0 Å². The van der Waals surface area contributed by atoms with Crippen LogP contribution in [-0.2, 0) is 4.79 Å². The third-order valence-corrected chi connectivity index (χ3v) is 1.09. The minimum Gasteiger partial charge on any atom is -0.312 e. The molecule has 5 heteroatoms. The zero-order chi connectivity index (χ0) is 8.15. The number of hydrogen-bond acceptors (Lipinski definition) is 4. The quantitative estimate of drug-likeness (QED) is 0.300. The third kappa shape index (κ3) is 2.78. The topological polar surface area (TPSA) is 35.9 Å². The molecule has 0 aliphatic carbocycles. The Labute approximate surface area is 61.7 Å². The highest BCUT2D eigenvalue weighted by atomic mass is 16.1. The molecule has 10 heavy (non-hydrogen) atoms. The van der Waals surface area contributed by atoms with Gasteiger partial charge in [0, 0.05) is 0 Å². The first kappa shape index (κ1) is 9.36. The molecule has 0 aliphatic heterocycles. The molecule has 0 aliphatic rings. The summed E-state index contributed by atoms with van der Waals surface area (Å²) in [6, 6.07) is 0. The number of hydrogen-bond donors (Lipinski definition) is 0. The van der Waals surface area contributed by atoms with Crippen LogP contribution in [0.25, 0.3) is 0 Å². The van der Waals surface area contributed by atoms with Gasteiger partial charge in [0.2, 0.25) is 6.08 Å². The van der Waals surface area contributed by atoms with Gasteiger partial charge >= 0.3 is 7.12 Å². The van der Waals surface area contributed by atoms with Crippen LogP contribution in [0.3, 0.4) is 0 Å². The van der Waals surface area contributed by atoms with Gasteiger partial charge in [0.15, 0.2) is 0 Å². The summed E-state index contributed by atoms with van der Waals surface area (Å²) in [5.74, 6) is 0. The van der Waals surface area contributed by atoms with Crippen LogP contribution >= 0.6 is 0 Å². The van der Waals surface area contributed by atoms with Crippen molar-refractivity contribution in [2.75, 3.05) is 28.2 Å². The lowest BCUT2D eigenvalue weighted by atomic mass is 9.92. The number of isocyanates is 1. The summed E-state index contributed by atoms with van der Waals surface area (Å²) >= 11 is 0. The van der Waals surface area contributed by atoms with E-state index in [1.54, 1.807) is 0 Å². The Morgan fingerprint density at radius 2 is 1.60 bits per heavy atom. The van der Waals surface area contributed by atoms with Crippen LogP contribution in [0.15, 0.2) is 4.90 Å². The van der Waals surface area contributed by atoms with Gasteiger partial charge in [0.1, 0.15) is 0 Å². The molecule has 0 bridgehead atoms. The van der Waals surface area contributed by atoms with Gasteiger partial charge < -0.3 is 9.62 Å². The van der Waals surface area contributed by atoms with Crippen molar-refractivity contribution in [2.24, 2.45) is 4.90 Å². The van der Waals surface area contributed by atoms with E-state index in [0.717, 1.165) is 0 Å². The van der Waals surface area contributed by atoms with Gasteiger partial charge in [-0.3, -0.25) is 0 Å². The summed E-state index contributed by atoms with van der Waals surface area (Å²) in [6.07, 6.45) is 1.52. The Morgan fingerprint density at radius 1 is 1.20 bits per heavy atom. The molecular formula is C5H12BN3O. The van der Waals surface area contributed by atoms with Crippen molar-refractivity contribution in [1.82, 2.24) is 9.62 Å². The zero-order valence-electron chi connectivity index (χ0n) is 6.83. The number of nitrogens with zero attached hydrogens (tertiary/aromatic N) is 3. The second-order valence-electron chi connectivity index (χ2n) is 2.49. The molecule has 0 saturated heterocycles. The Balaban J connectivity index is 4.11. The summed E-state index contributed by atoms with van der Waals surface area (Å²) < 4.78 is 0. The van der Waals surface area contributed by atoms with Gasteiger partial charge in [0.05, 0.1) is 0 Å². The van der Waals surface area contributed by atoms with Crippen molar-refractivity contribution >= 4 is 13.2 Å². The molecule has 56 valence electrons. The predicted octanol–water partition coefficient (Wildman–Crippen LogP) is -0.570. The molecule has 0 amide bonds. The molecule has 0 aromatic heterocycles. The first-order valence-electron chi connectivity index (χ1n) is 2.99. The molecule has 0 N–H and O–H groups in total. The fourth-order valence-electron chi connectivity index (χ4n) is 0.740. The lowest BCUT2D eigenvalue weighted by Gasteiger charge is -2.19. The maximum Gasteiger partial charge on any atom is 0.467 e. The third-order valence-electron chi connectivity index (χ3n) is 1.09. The van der Waals surface area contributed by atoms with Gasteiger partial charge in [-0.25, -0.2) is 9.70 Å². The number of carbonyl (C=O) groups excluding carboxylic acids is 1. The minimum absolute atomic E-state index is 0.197. The van der Waals surface area contributed by atoms with Crippen molar-refractivity contribution in [3.05, 3.63) is 0 Å². The average Bonchev–Trinajstić information content (AvgIpc) is 1.81. The monoisotopic (exact) mass is 141 g/mol. The van der Waals surface area contributed by atoms with E-state index in [9.17, 15) is 4.79 Å². The second-order valence-corrected chi connectivity index (χ2v) is 2.49. The fraction of sp³-hybridized carbons (Fsp3) is 0.800. The lowest BCUT2D eigenvalue weighted by Crippen LogP contribution is -2.44. The molecule has 0 fully saturated rings. The zero-order valence-corrected chi connectivity index (χ0v) is 6.83. The van der Waals surface area contributed by atoms with E-state index in [2.05, 4.69) is 4.90 Å². The lowest BCUT2D eigenvalue weighted by molar-refractivity contribution is 0.514. The first-order chi connectivity index (χ1) is 4.59. The van der Waals surface area contributed by atoms with E-state index in [1.807, 2.05) is 37.8 Å². The van der Waals surface area contributed by atoms with Crippen molar-refractivity contribution in [1.29, 1.82) is 0 Å². The molecule has 0 atom stereocenters. The van der Waals surface area contributed by atoms with Crippen molar-refractivity contribution in [3.63, 3.8) is 0 Å². The van der Waals surface area contributed by atoms with E-state index < -0.39 is 0 Å². The number of rotatable bonds is 3. The van der Waals surface area contributed by atoms with Crippen LogP contribution in [0.5, 0.6) is 0 Å². The highest BCUT2D eigenvalue weighted by molar-refractivity contribution is 6.51. The van der Waals surface area contributed by atoms with Crippen LogP contribution in [0, 0.1) is 0 Å². The van der Waals surface area contributed by atoms with Crippen LogP contribution in [0.2, 0.25) is 0 Å². The van der Waals surface area contributed by atoms with Gasteiger partial charge in [-0.05, 0) is 28.2 Å².